The van der Waals surface area contributed by atoms with Gasteiger partial charge in [-0.25, -0.2) is 9.59 Å². The first-order valence-electron chi connectivity index (χ1n) is 6.80. The van der Waals surface area contributed by atoms with Crippen molar-refractivity contribution in [1.29, 1.82) is 0 Å². The van der Waals surface area contributed by atoms with E-state index in [2.05, 4.69) is 0 Å². The Morgan fingerprint density at radius 3 is 1.82 bits per heavy atom. The van der Waals surface area contributed by atoms with Gasteiger partial charge < -0.3 is 10.2 Å². The van der Waals surface area contributed by atoms with Crippen LogP contribution in [-0.4, -0.2) is 22.2 Å². The Kier molecular flexibility index (Phi) is 5.17. The molecule has 0 aromatic heterocycles. The van der Waals surface area contributed by atoms with Crippen LogP contribution in [0.1, 0.15) is 38.3 Å². The Bertz CT molecular complexity index is 660. The van der Waals surface area contributed by atoms with Crippen LogP contribution in [0.4, 0.5) is 0 Å². The van der Waals surface area contributed by atoms with Gasteiger partial charge >= 0.3 is 11.9 Å². The standard InChI is InChI=1S/C17H15ClO4/c18-15-6-4-11(5-7-15)2-1-3-12-8-13(16(19)20)10-14(9-12)17(21)22/h4-10H,1-3H2,(H,19,20)(H,21,22). The van der Waals surface area contributed by atoms with Crippen molar-refractivity contribution in [2.45, 2.75) is 19.3 Å². The van der Waals surface area contributed by atoms with Crippen LogP contribution in [-0.2, 0) is 12.8 Å². The molecule has 0 atom stereocenters. The highest BCUT2D eigenvalue weighted by molar-refractivity contribution is 6.30. The lowest BCUT2D eigenvalue weighted by Crippen LogP contribution is -2.04. The predicted octanol–water partition coefficient (Wildman–Crippen LogP) is 3.91. The van der Waals surface area contributed by atoms with Crippen LogP contribution < -0.4 is 0 Å². The molecule has 0 aliphatic heterocycles. The molecule has 0 saturated carbocycles. The average Bonchev–Trinajstić information content (AvgIpc) is 2.49. The number of benzene rings is 2. The molecule has 2 N–H and O–H groups in total. The SMILES string of the molecule is O=C(O)c1cc(CCCc2ccc(Cl)cc2)cc(C(=O)O)c1. The number of halogens is 1. The molecule has 0 aliphatic rings. The van der Waals surface area contributed by atoms with Gasteiger partial charge in [-0.05, 0) is 60.7 Å². The summed E-state index contributed by atoms with van der Waals surface area (Å²) in [5, 5.41) is 18.8. The predicted molar refractivity (Wildman–Crippen MR) is 83.8 cm³/mol. The summed E-state index contributed by atoms with van der Waals surface area (Å²) < 4.78 is 0. The molecule has 2 aromatic carbocycles. The summed E-state index contributed by atoms with van der Waals surface area (Å²) in [7, 11) is 0. The summed E-state index contributed by atoms with van der Waals surface area (Å²) in [6.07, 6.45) is 2.23. The molecule has 2 rings (SSSR count). The quantitative estimate of drug-likeness (QED) is 0.846. The van der Waals surface area contributed by atoms with Crippen LogP contribution in [0, 0.1) is 0 Å². The molecule has 5 heteroatoms. The third-order valence-corrected chi connectivity index (χ3v) is 3.58. The van der Waals surface area contributed by atoms with E-state index in [4.69, 9.17) is 21.8 Å². The van der Waals surface area contributed by atoms with E-state index in [1.165, 1.54) is 18.2 Å². The molecule has 0 unspecified atom stereocenters. The fraction of sp³-hybridized carbons (Fsp3) is 0.176. The molecule has 0 bridgehead atoms. The Morgan fingerprint density at radius 1 is 0.818 bits per heavy atom. The molecule has 114 valence electrons. The van der Waals surface area contributed by atoms with Crippen molar-refractivity contribution in [3.63, 3.8) is 0 Å². The fourth-order valence-electron chi connectivity index (χ4n) is 2.23. The molecule has 4 nitrogen and oxygen atoms in total. The number of carboxylic acids is 2. The number of hydrogen-bond acceptors (Lipinski definition) is 2. The maximum Gasteiger partial charge on any atom is 0.335 e. The largest absolute Gasteiger partial charge is 0.478 e. The number of carboxylic acid groups (broad SMARTS) is 2. The monoisotopic (exact) mass is 318 g/mol. The topological polar surface area (TPSA) is 74.6 Å². The van der Waals surface area contributed by atoms with Gasteiger partial charge in [0.05, 0.1) is 11.1 Å². The van der Waals surface area contributed by atoms with Gasteiger partial charge in [0.1, 0.15) is 0 Å². The summed E-state index contributed by atoms with van der Waals surface area (Å²) in [4.78, 5) is 22.1. The number of rotatable bonds is 6. The van der Waals surface area contributed by atoms with Crippen LogP contribution in [0.5, 0.6) is 0 Å². The van der Waals surface area contributed by atoms with Gasteiger partial charge in [0.2, 0.25) is 0 Å². The van der Waals surface area contributed by atoms with Crippen molar-refractivity contribution in [3.05, 3.63) is 69.7 Å². The molecule has 22 heavy (non-hydrogen) atoms. The highest BCUT2D eigenvalue weighted by Gasteiger charge is 2.11. The van der Waals surface area contributed by atoms with Crippen LogP contribution >= 0.6 is 11.6 Å². The van der Waals surface area contributed by atoms with Gasteiger partial charge in [0.25, 0.3) is 0 Å². The van der Waals surface area contributed by atoms with Gasteiger partial charge in [-0.3, -0.25) is 0 Å². The zero-order valence-electron chi connectivity index (χ0n) is 11.8. The Labute approximate surface area is 133 Å². The number of hydrogen-bond donors (Lipinski definition) is 2. The van der Waals surface area contributed by atoms with E-state index in [1.807, 2.05) is 24.3 Å². The van der Waals surface area contributed by atoms with Gasteiger partial charge in [0.15, 0.2) is 0 Å². The van der Waals surface area contributed by atoms with Crippen molar-refractivity contribution in [1.82, 2.24) is 0 Å². The lowest BCUT2D eigenvalue weighted by atomic mass is 10.00. The molecule has 0 saturated heterocycles. The van der Waals surface area contributed by atoms with Crippen LogP contribution in [0.25, 0.3) is 0 Å². The van der Waals surface area contributed by atoms with Crippen molar-refractivity contribution in [2.24, 2.45) is 0 Å². The Balaban J connectivity index is 2.07. The lowest BCUT2D eigenvalue weighted by Gasteiger charge is -2.06. The lowest BCUT2D eigenvalue weighted by molar-refractivity contribution is 0.0696. The second kappa shape index (κ2) is 7.09. The second-order valence-electron chi connectivity index (χ2n) is 5.01. The Hall–Kier alpha value is -2.33. The van der Waals surface area contributed by atoms with Crippen molar-refractivity contribution in [3.8, 4) is 0 Å². The minimum absolute atomic E-state index is 0.00129. The molecule has 0 heterocycles. The van der Waals surface area contributed by atoms with Crippen LogP contribution in [0.3, 0.4) is 0 Å². The van der Waals surface area contributed by atoms with Crippen LogP contribution in [0.15, 0.2) is 42.5 Å². The highest BCUT2D eigenvalue weighted by Crippen LogP contribution is 2.15. The molecular weight excluding hydrogens is 304 g/mol. The first-order valence-corrected chi connectivity index (χ1v) is 7.18. The van der Waals surface area contributed by atoms with E-state index >= 15 is 0 Å². The second-order valence-corrected chi connectivity index (χ2v) is 5.45. The van der Waals surface area contributed by atoms with Crippen molar-refractivity contribution >= 4 is 23.5 Å². The minimum atomic E-state index is -1.12. The van der Waals surface area contributed by atoms with Crippen molar-refractivity contribution < 1.29 is 19.8 Å². The maximum atomic E-state index is 11.0. The molecule has 0 radical (unpaired) electrons. The molecule has 0 aliphatic carbocycles. The minimum Gasteiger partial charge on any atom is -0.478 e. The van der Waals surface area contributed by atoms with Gasteiger partial charge in [-0.1, -0.05) is 23.7 Å². The first kappa shape index (κ1) is 16.0. The molecular formula is C17H15ClO4. The summed E-state index contributed by atoms with van der Waals surface area (Å²) in [6, 6.07) is 11.8. The third kappa shape index (κ3) is 4.33. The fourth-order valence-corrected chi connectivity index (χ4v) is 2.36. The summed E-state index contributed by atoms with van der Waals surface area (Å²) >= 11 is 5.82. The highest BCUT2D eigenvalue weighted by atomic mass is 35.5. The third-order valence-electron chi connectivity index (χ3n) is 3.33. The number of carbonyl (C=O) groups is 2. The maximum absolute atomic E-state index is 11.0. The van der Waals surface area contributed by atoms with Gasteiger partial charge in [-0.15, -0.1) is 0 Å². The smallest absolute Gasteiger partial charge is 0.335 e. The molecule has 0 spiro atoms. The van der Waals surface area contributed by atoms with Crippen LogP contribution in [0.2, 0.25) is 5.02 Å². The van der Waals surface area contributed by atoms with E-state index in [1.54, 1.807) is 0 Å². The number of aromatic carboxylic acids is 2. The zero-order chi connectivity index (χ0) is 16.1. The summed E-state index contributed by atoms with van der Waals surface area (Å²) in [6.45, 7) is 0. The summed E-state index contributed by atoms with van der Waals surface area (Å²) in [5.41, 5.74) is 1.85. The molecule has 0 amide bonds. The van der Waals surface area contributed by atoms with Gasteiger partial charge in [0, 0.05) is 5.02 Å². The van der Waals surface area contributed by atoms with E-state index in [9.17, 15) is 9.59 Å². The van der Waals surface area contributed by atoms with Crippen molar-refractivity contribution in [2.75, 3.05) is 0 Å². The van der Waals surface area contributed by atoms with E-state index < -0.39 is 11.9 Å². The van der Waals surface area contributed by atoms with E-state index in [-0.39, 0.29) is 11.1 Å². The molecule has 2 aromatic rings. The first-order chi connectivity index (χ1) is 10.5. The summed E-state index contributed by atoms with van der Waals surface area (Å²) in [5.74, 6) is -2.25. The number of aryl methyl sites for hydroxylation is 2. The van der Waals surface area contributed by atoms with E-state index in [0.717, 1.165) is 18.4 Å². The van der Waals surface area contributed by atoms with E-state index in [0.29, 0.717) is 17.0 Å². The Morgan fingerprint density at radius 2 is 1.32 bits per heavy atom. The normalized spacial score (nSPS) is 10.4. The van der Waals surface area contributed by atoms with Gasteiger partial charge in [-0.2, -0.15) is 0 Å². The zero-order valence-corrected chi connectivity index (χ0v) is 12.5. The molecule has 0 fully saturated rings. The average molecular weight is 319 g/mol.